The molecule has 0 aliphatic rings. The molecule has 0 radical (unpaired) electrons. The van der Waals surface area contributed by atoms with Crippen molar-refractivity contribution < 1.29 is 4.74 Å². The zero-order valence-corrected chi connectivity index (χ0v) is 10.6. The van der Waals surface area contributed by atoms with E-state index in [4.69, 9.17) is 16.3 Å². The van der Waals surface area contributed by atoms with Crippen molar-refractivity contribution in [1.82, 2.24) is 9.97 Å². The van der Waals surface area contributed by atoms with Crippen LogP contribution in [0, 0.1) is 0 Å². The Morgan fingerprint density at radius 2 is 2.19 bits per heavy atom. The Kier molecular flexibility index (Phi) is 5.93. The fourth-order valence-corrected chi connectivity index (χ4v) is 1.53. The van der Waals surface area contributed by atoms with Crippen LogP contribution in [-0.2, 0) is 0 Å². The Morgan fingerprint density at radius 1 is 1.38 bits per heavy atom. The van der Waals surface area contributed by atoms with E-state index in [1.165, 1.54) is 6.33 Å². The number of hydrogen-bond donors (Lipinski definition) is 0. The van der Waals surface area contributed by atoms with Crippen LogP contribution in [0.3, 0.4) is 0 Å². The van der Waals surface area contributed by atoms with Crippen LogP contribution in [0.25, 0.3) is 0 Å². The molecule has 16 heavy (non-hydrogen) atoms. The topological polar surface area (TPSA) is 38.2 Å². The number of rotatable bonds is 7. The number of ether oxygens (including phenoxy) is 1. The molecule has 1 rings (SSSR count). The normalized spacial score (nSPS) is 10.2. The summed E-state index contributed by atoms with van der Waals surface area (Å²) in [4.78, 5) is 10.4. The van der Waals surface area contributed by atoms with E-state index in [0.29, 0.717) is 18.4 Å². The molecule has 0 aliphatic heterocycles. The predicted octanol–water partition coefficient (Wildman–Crippen LogP) is 2.33. The first-order valence-corrected chi connectivity index (χ1v) is 6.11. The molecule has 5 heteroatoms. The van der Waals surface area contributed by atoms with Crippen LogP contribution in [0.5, 0.6) is 5.88 Å². The van der Waals surface area contributed by atoms with Crippen LogP contribution in [-0.4, -0.2) is 35.5 Å². The van der Waals surface area contributed by atoms with E-state index >= 15 is 0 Å². The molecular weight excluding hydrogens is 226 g/mol. The van der Waals surface area contributed by atoms with Crippen molar-refractivity contribution in [2.45, 2.75) is 20.3 Å². The van der Waals surface area contributed by atoms with E-state index in [2.05, 4.69) is 28.7 Å². The quantitative estimate of drug-likeness (QED) is 0.689. The number of halogens is 1. The lowest BCUT2D eigenvalue weighted by Gasteiger charge is -2.20. The number of aromatic nitrogens is 2. The molecule has 0 atom stereocenters. The molecule has 0 amide bonds. The van der Waals surface area contributed by atoms with Gasteiger partial charge >= 0.3 is 0 Å². The monoisotopic (exact) mass is 243 g/mol. The van der Waals surface area contributed by atoms with Gasteiger partial charge in [0.2, 0.25) is 5.88 Å². The number of anilines is 1. The largest absolute Gasteiger partial charge is 0.478 e. The van der Waals surface area contributed by atoms with Crippen molar-refractivity contribution in [3.05, 3.63) is 12.4 Å². The summed E-state index contributed by atoms with van der Waals surface area (Å²) in [5, 5.41) is 0. The van der Waals surface area contributed by atoms with Gasteiger partial charge in [-0.1, -0.05) is 6.92 Å². The van der Waals surface area contributed by atoms with Gasteiger partial charge in [0.1, 0.15) is 12.1 Å². The average Bonchev–Trinajstić information content (AvgIpc) is 2.33. The Balaban J connectivity index is 2.71. The summed E-state index contributed by atoms with van der Waals surface area (Å²) in [5.41, 5.74) is 0. The molecule has 1 heterocycles. The van der Waals surface area contributed by atoms with Gasteiger partial charge in [-0.05, 0) is 13.3 Å². The molecule has 0 aliphatic carbocycles. The highest BCUT2D eigenvalue weighted by molar-refractivity contribution is 6.18. The number of nitrogens with zero attached hydrogens (tertiary/aromatic N) is 3. The van der Waals surface area contributed by atoms with Crippen molar-refractivity contribution in [3.63, 3.8) is 0 Å². The van der Waals surface area contributed by atoms with Crippen LogP contribution in [0.15, 0.2) is 12.4 Å². The standard InChI is InChI=1S/C11H18ClN3O/c1-3-7-16-11-8-10(13-9-14-11)15(4-2)6-5-12/h8-9H,3-7H2,1-2H3. The molecule has 1 aromatic heterocycles. The first-order chi connectivity index (χ1) is 7.81. The van der Waals surface area contributed by atoms with Gasteiger partial charge < -0.3 is 9.64 Å². The lowest BCUT2D eigenvalue weighted by molar-refractivity contribution is 0.304. The van der Waals surface area contributed by atoms with Gasteiger partial charge in [-0.3, -0.25) is 0 Å². The van der Waals surface area contributed by atoms with Crippen LogP contribution in [0.1, 0.15) is 20.3 Å². The van der Waals surface area contributed by atoms with E-state index in [-0.39, 0.29) is 0 Å². The fourth-order valence-electron chi connectivity index (χ4n) is 1.33. The zero-order valence-electron chi connectivity index (χ0n) is 9.82. The second kappa shape index (κ2) is 7.28. The van der Waals surface area contributed by atoms with Crippen LogP contribution in [0.4, 0.5) is 5.82 Å². The van der Waals surface area contributed by atoms with Crippen molar-refractivity contribution in [2.24, 2.45) is 0 Å². The van der Waals surface area contributed by atoms with Gasteiger partial charge in [-0.2, -0.15) is 0 Å². The molecule has 0 saturated heterocycles. The maximum absolute atomic E-state index is 5.73. The van der Waals surface area contributed by atoms with Gasteiger partial charge in [0.05, 0.1) is 6.61 Å². The molecule has 0 spiro atoms. The summed E-state index contributed by atoms with van der Waals surface area (Å²) in [5.74, 6) is 2.08. The fraction of sp³-hybridized carbons (Fsp3) is 0.636. The van der Waals surface area contributed by atoms with E-state index in [9.17, 15) is 0 Å². The SMILES string of the molecule is CCCOc1cc(N(CC)CCCl)ncn1. The molecule has 0 bridgehead atoms. The molecule has 0 unspecified atom stereocenters. The maximum atomic E-state index is 5.73. The van der Waals surface area contributed by atoms with Crippen molar-refractivity contribution in [1.29, 1.82) is 0 Å². The molecule has 0 N–H and O–H groups in total. The van der Waals surface area contributed by atoms with Crippen LogP contribution in [0.2, 0.25) is 0 Å². The minimum absolute atomic E-state index is 0.586. The summed E-state index contributed by atoms with van der Waals surface area (Å²) in [7, 11) is 0. The molecular formula is C11H18ClN3O. The van der Waals surface area contributed by atoms with Crippen molar-refractivity contribution in [2.75, 3.05) is 30.5 Å². The molecule has 0 saturated carbocycles. The predicted molar refractivity (Wildman–Crippen MR) is 66.4 cm³/mol. The average molecular weight is 244 g/mol. The summed E-state index contributed by atoms with van der Waals surface area (Å²) in [6, 6.07) is 1.85. The van der Waals surface area contributed by atoms with Crippen LogP contribution < -0.4 is 9.64 Å². The van der Waals surface area contributed by atoms with E-state index in [1.54, 1.807) is 0 Å². The Morgan fingerprint density at radius 3 is 2.81 bits per heavy atom. The van der Waals surface area contributed by atoms with Crippen LogP contribution >= 0.6 is 11.6 Å². The summed E-state index contributed by atoms with van der Waals surface area (Å²) in [6.07, 6.45) is 2.50. The van der Waals surface area contributed by atoms with Gasteiger partial charge in [-0.15, -0.1) is 11.6 Å². The molecule has 1 aromatic rings. The third kappa shape index (κ3) is 3.85. The first-order valence-electron chi connectivity index (χ1n) is 5.57. The van der Waals surface area contributed by atoms with E-state index < -0.39 is 0 Å². The highest BCUT2D eigenvalue weighted by Gasteiger charge is 2.06. The highest BCUT2D eigenvalue weighted by atomic mass is 35.5. The van der Waals surface area contributed by atoms with Gasteiger partial charge in [0.25, 0.3) is 0 Å². The van der Waals surface area contributed by atoms with Crippen molar-refractivity contribution in [3.8, 4) is 5.88 Å². The smallest absolute Gasteiger partial charge is 0.218 e. The number of alkyl halides is 1. The van der Waals surface area contributed by atoms with Gasteiger partial charge in [0, 0.05) is 25.0 Å². The summed E-state index contributed by atoms with van der Waals surface area (Å²) >= 11 is 5.73. The third-order valence-electron chi connectivity index (χ3n) is 2.14. The van der Waals surface area contributed by atoms with Crippen molar-refractivity contribution >= 4 is 17.4 Å². The molecule has 0 fully saturated rings. The van der Waals surface area contributed by atoms with Gasteiger partial charge in [0.15, 0.2) is 0 Å². The minimum atomic E-state index is 0.586. The third-order valence-corrected chi connectivity index (χ3v) is 2.31. The number of hydrogen-bond acceptors (Lipinski definition) is 4. The molecule has 4 nitrogen and oxygen atoms in total. The highest BCUT2D eigenvalue weighted by Crippen LogP contribution is 2.15. The molecule has 0 aromatic carbocycles. The Labute approximate surface area is 102 Å². The van der Waals surface area contributed by atoms with E-state index in [1.807, 2.05) is 6.07 Å². The second-order valence-electron chi connectivity index (χ2n) is 3.33. The Hall–Kier alpha value is -1.03. The Bertz CT molecular complexity index is 309. The minimum Gasteiger partial charge on any atom is -0.478 e. The molecule has 90 valence electrons. The lowest BCUT2D eigenvalue weighted by Crippen LogP contribution is -2.25. The maximum Gasteiger partial charge on any atom is 0.218 e. The second-order valence-corrected chi connectivity index (χ2v) is 3.71. The zero-order chi connectivity index (χ0) is 11.8. The lowest BCUT2D eigenvalue weighted by atomic mass is 10.4. The van der Waals surface area contributed by atoms with Gasteiger partial charge in [-0.25, -0.2) is 9.97 Å². The van der Waals surface area contributed by atoms with E-state index in [0.717, 1.165) is 25.3 Å². The summed E-state index contributed by atoms with van der Waals surface area (Å²) in [6.45, 7) is 6.46. The first kappa shape index (κ1) is 13.0. The summed E-state index contributed by atoms with van der Waals surface area (Å²) < 4.78 is 5.46.